The molecule has 0 amide bonds. The Morgan fingerprint density at radius 3 is 2.70 bits per heavy atom. The maximum absolute atomic E-state index is 4.99. The summed E-state index contributed by atoms with van der Waals surface area (Å²) in [5.41, 5.74) is 0.324. The van der Waals surface area contributed by atoms with Crippen molar-refractivity contribution in [3.63, 3.8) is 0 Å². The summed E-state index contributed by atoms with van der Waals surface area (Å²) >= 11 is 0. The average Bonchev–Trinajstić information content (AvgIpc) is 2.67. The molecule has 0 radical (unpaired) electrons. The Morgan fingerprint density at radius 1 is 1.60 bits per heavy atom. The van der Waals surface area contributed by atoms with E-state index >= 15 is 0 Å². The van der Waals surface area contributed by atoms with Gasteiger partial charge in [0.05, 0.1) is 6.61 Å². The van der Waals surface area contributed by atoms with Gasteiger partial charge in [-0.3, -0.25) is 0 Å². The fourth-order valence-corrected chi connectivity index (χ4v) is 1.05. The molecule has 2 N–H and O–H groups in total. The number of hydrogen-bond donors (Lipinski definition) is 1. The van der Waals surface area contributed by atoms with Crippen LogP contribution in [0.4, 0.5) is 0 Å². The second-order valence-electron chi connectivity index (χ2n) is 2.98. The van der Waals surface area contributed by atoms with E-state index in [1.54, 1.807) is 0 Å². The molecule has 0 spiro atoms. The van der Waals surface area contributed by atoms with E-state index in [0.717, 1.165) is 6.42 Å². The Morgan fingerprint density at radius 2 is 2.30 bits per heavy atom. The minimum atomic E-state index is 0.324. The summed E-state index contributed by atoms with van der Waals surface area (Å²) in [6, 6.07) is 0. The van der Waals surface area contributed by atoms with E-state index in [1.165, 1.54) is 12.8 Å². The van der Waals surface area contributed by atoms with Gasteiger partial charge in [-0.15, -0.1) is 0 Å². The van der Waals surface area contributed by atoms with Crippen LogP contribution < -0.4 is 5.90 Å². The van der Waals surface area contributed by atoms with Crippen LogP contribution in [0.15, 0.2) is 12.2 Å². The van der Waals surface area contributed by atoms with E-state index in [1.807, 2.05) is 0 Å². The van der Waals surface area contributed by atoms with Gasteiger partial charge in [-0.1, -0.05) is 19.1 Å². The highest BCUT2D eigenvalue weighted by molar-refractivity contribution is 5.08. The van der Waals surface area contributed by atoms with Gasteiger partial charge in [0.2, 0.25) is 0 Å². The summed E-state index contributed by atoms with van der Waals surface area (Å²) in [5.74, 6) is 4.99. The van der Waals surface area contributed by atoms with Crippen LogP contribution in [-0.2, 0) is 4.84 Å². The van der Waals surface area contributed by atoms with E-state index in [2.05, 4.69) is 23.9 Å². The fourth-order valence-electron chi connectivity index (χ4n) is 1.05. The highest BCUT2D eigenvalue weighted by Gasteiger charge is 2.39. The second-order valence-corrected chi connectivity index (χ2v) is 2.98. The van der Waals surface area contributed by atoms with Crippen LogP contribution >= 0.6 is 0 Å². The van der Waals surface area contributed by atoms with Crippen molar-refractivity contribution < 1.29 is 4.84 Å². The number of nitrogens with two attached hydrogens (primary N) is 1. The van der Waals surface area contributed by atoms with E-state index in [9.17, 15) is 0 Å². The van der Waals surface area contributed by atoms with E-state index in [0.29, 0.717) is 12.0 Å². The van der Waals surface area contributed by atoms with Crippen LogP contribution in [0, 0.1) is 5.41 Å². The van der Waals surface area contributed by atoms with E-state index in [-0.39, 0.29) is 0 Å². The molecule has 0 aromatic carbocycles. The van der Waals surface area contributed by atoms with Gasteiger partial charge < -0.3 is 4.84 Å². The highest BCUT2D eigenvalue weighted by atomic mass is 16.6. The number of hydrogen-bond acceptors (Lipinski definition) is 2. The van der Waals surface area contributed by atoms with Crippen LogP contribution in [0.25, 0.3) is 0 Å². The van der Waals surface area contributed by atoms with Gasteiger partial charge in [0, 0.05) is 5.41 Å². The van der Waals surface area contributed by atoms with Crippen molar-refractivity contribution in [1.82, 2.24) is 0 Å². The fraction of sp³-hybridized carbons (Fsp3) is 0.750. The molecule has 0 bridgehead atoms. The number of rotatable bonds is 4. The standard InChI is InChI=1S/C8H15NO/c1-2-3-4-8(5-6-8)7-10-9/h3-4H,2,5-7,9H2,1H3/b4-3+. The maximum atomic E-state index is 4.99. The zero-order valence-electron chi connectivity index (χ0n) is 6.47. The summed E-state index contributed by atoms with van der Waals surface area (Å²) in [4.78, 5) is 4.61. The van der Waals surface area contributed by atoms with Crippen molar-refractivity contribution in [2.24, 2.45) is 11.3 Å². The molecule has 0 aliphatic heterocycles. The molecular formula is C8H15NO. The second kappa shape index (κ2) is 3.17. The summed E-state index contributed by atoms with van der Waals surface area (Å²) in [6.45, 7) is 2.82. The highest BCUT2D eigenvalue weighted by Crippen LogP contribution is 2.46. The average molecular weight is 141 g/mol. The summed E-state index contributed by atoms with van der Waals surface area (Å²) in [6.07, 6.45) is 8.00. The Bertz CT molecular complexity index is 127. The van der Waals surface area contributed by atoms with Gasteiger partial charge in [0.1, 0.15) is 0 Å². The van der Waals surface area contributed by atoms with Crippen molar-refractivity contribution in [2.45, 2.75) is 26.2 Å². The van der Waals surface area contributed by atoms with Crippen molar-refractivity contribution >= 4 is 0 Å². The van der Waals surface area contributed by atoms with Gasteiger partial charge in [0.15, 0.2) is 0 Å². The molecule has 1 aliphatic rings. The van der Waals surface area contributed by atoms with Gasteiger partial charge in [0.25, 0.3) is 0 Å². The van der Waals surface area contributed by atoms with Gasteiger partial charge in [-0.05, 0) is 19.3 Å². The van der Waals surface area contributed by atoms with Crippen molar-refractivity contribution in [2.75, 3.05) is 6.61 Å². The minimum Gasteiger partial charge on any atom is -0.304 e. The topological polar surface area (TPSA) is 35.2 Å². The Kier molecular flexibility index (Phi) is 2.46. The smallest absolute Gasteiger partial charge is 0.0769 e. The predicted molar refractivity (Wildman–Crippen MR) is 41.2 cm³/mol. The molecule has 0 saturated heterocycles. The van der Waals surface area contributed by atoms with Gasteiger partial charge >= 0.3 is 0 Å². The van der Waals surface area contributed by atoms with Crippen LogP contribution in [0.1, 0.15) is 26.2 Å². The monoisotopic (exact) mass is 141 g/mol. The Balaban J connectivity index is 2.30. The summed E-state index contributed by atoms with van der Waals surface area (Å²) < 4.78 is 0. The van der Waals surface area contributed by atoms with Gasteiger partial charge in [-0.25, -0.2) is 5.90 Å². The van der Waals surface area contributed by atoms with Crippen molar-refractivity contribution in [3.05, 3.63) is 12.2 Å². The van der Waals surface area contributed by atoms with E-state index in [4.69, 9.17) is 5.90 Å². The quantitative estimate of drug-likeness (QED) is 0.477. The van der Waals surface area contributed by atoms with Gasteiger partial charge in [-0.2, -0.15) is 0 Å². The van der Waals surface area contributed by atoms with Crippen molar-refractivity contribution in [3.8, 4) is 0 Å². The van der Waals surface area contributed by atoms with Crippen molar-refractivity contribution in [1.29, 1.82) is 0 Å². The third-order valence-electron chi connectivity index (χ3n) is 1.97. The van der Waals surface area contributed by atoms with Crippen LogP contribution in [-0.4, -0.2) is 6.61 Å². The minimum absolute atomic E-state index is 0.324. The zero-order valence-corrected chi connectivity index (χ0v) is 6.47. The third kappa shape index (κ3) is 1.82. The maximum Gasteiger partial charge on any atom is 0.0769 e. The molecule has 0 aromatic rings. The van der Waals surface area contributed by atoms with Crippen LogP contribution in [0.2, 0.25) is 0 Å². The molecule has 10 heavy (non-hydrogen) atoms. The first-order chi connectivity index (χ1) is 4.83. The normalized spacial score (nSPS) is 21.8. The molecule has 58 valence electrons. The SMILES string of the molecule is CC/C=C/C1(CON)CC1. The lowest BCUT2D eigenvalue weighted by Gasteiger charge is -2.05. The first-order valence-electron chi connectivity index (χ1n) is 3.82. The molecule has 1 rings (SSSR count). The molecular weight excluding hydrogens is 126 g/mol. The zero-order chi connectivity index (χ0) is 7.45. The molecule has 2 nitrogen and oxygen atoms in total. The lowest BCUT2D eigenvalue weighted by Crippen LogP contribution is -2.11. The summed E-state index contributed by atoms with van der Waals surface area (Å²) in [5, 5.41) is 0. The number of allylic oxidation sites excluding steroid dienone is 1. The lowest BCUT2D eigenvalue weighted by atomic mass is 10.1. The molecule has 1 saturated carbocycles. The molecule has 2 heteroatoms. The van der Waals surface area contributed by atoms with Crippen LogP contribution in [0.5, 0.6) is 0 Å². The molecule has 0 aromatic heterocycles. The first kappa shape index (κ1) is 7.76. The Labute approximate surface area is 62.0 Å². The molecule has 0 heterocycles. The summed E-state index contributed by atoms with van der Waals surface area (Å²) in [7, 11) is 0. The molecule has 1 aliphatic carbocycles. The largest absolute Gasteiger partial charge is 0.304 e. The van der Waals surface area contributed by atoms with E-state index < -0.39 is 0 Å². The predicted octanol–water partition coefficient (Wildman–Crippen LogP) is 1.62. The Hall–Kier alpha value is -0.340. The van der Waals surface area contributed by atoms with Crippen LogP contribution in [0.3, 0.4) is 0 Å². The molecule has 1 fully saturated rings. The first-order valence-corrected chi connectivity index (χ1v) is 3.82. The third-order valence-corrected chi connectivity index (χ3v) is 1.97. The molecule has 0 unspecified atom stereocenters. The lowest BCUT2D eigenvalue weighted by molar-refractivity contribution is 0.108. The molecule has 0 atom stereocenters.